The summed E-state index contributed by atoms with van der Waals surface area (Å²) in [5, 5.41) is 5.48. The van der Waals surface area contributed by atoms with Crippen LogP contribution < -0.4 is 5.32 Å². The van der Waals surface area contributed by atoms with Crippen molar-refractivity contribution < 1.29 is 14.3 Å². The van der Waals surface area contributed by atoms with Crippen LogP contribution in [0.1, 0.15) is 59.3 Å². The standard InChI is InChI=1S/C22H27NO3S2/c1-5-22(2,3)14-8-10-16-17(13-14)28-20(19(16)21(25)26-4)23-18(24)11-9-15-7-6-12-27-15/h6-7,9,11-12,14H,5,8,10,13H2,1-4H3,(H,23,24). The Morgan fingerprint density at radius 1 is 1.39 bits per heavy atom. The summed E-state index contributed by atoms with van der Waals surface area (Å²) in [4.78, 5) is 27.1. The van der Waals surface area contributed by atoms with Crippen molar-refractivity contribution in [2.45, 2.75) is 46.5 Å². The molecule has 2 aromatic rings. The molecule has 2 heterocycles. The van der Waals surface area contributed by atoms with Crippen LogP contribution in [-0.4, -0.2) is 19.0 Å². The molecule has 0 aliphatic heterocycles. The predicted molar refractivity (Wildman–Crippen MR) is 117 cm³/mol. The lowest BCUT2D eigenvalue weighted by atomic mass is 9.69. The van der Waals surface area contributed by atoms with Crippen molar-refractivity contribution in [1.82, 2.24) is 0 Å². The van der Waals surface area contributed by atoms with Crippen LogP contribution in [0.15, 0.2) is 23.6 Å². The van der Waals surface area contributed by atoms with Crippen molar-refractivity contribution in [3.63, 3.8) is 0 Å². The molecule has 3 rings (SSSR count). The molecule has 1 unspecified atom stereocenters. The zero-order valence-electron chi connectivity index (χ0n) is 16.8. The number of hydrogen-bond donors (Lipinski definition) is 1. The number of nitrogens with one attached hydrogen (secondary N) is 1. The molecule has 6 heteroatoms. The third kappa shape index (κ3) is 4.39. The molecule has 1 N–H and O–H groups in total. The summed E-state index contributed by atoms with van der Waals surface area (Å²) < 4.78 is 5.02. The van der Waals surface area contributed by atoms with E-state index in [9.17, 15) is 9.59 Å². The summed E-state index contributed by atoms with van der Waals surface area (Å²) in [6.45, 7) is 6.86. The zero-order chi connectivity index (χ0) is 20.3. The maximum atomic E-state index is 12.4. The minimum absolute atomic E-state index is 0.234. The Morgan fingerprint density at radius 3 is 2.82 bits per heavy atom. The van der Waals surface area contributed by atoms with E-state index in [2.05, 4.69) is 26.1 Å². The van der Waals surface area contributed by atoms with E-state index in [0.717, 1.165) is 36.1 Å². The second-order valence-corrected chi connectivity index (χ2v) is 9.90. The first-order valence-corrected chi connectivity index (χ1v) is 11.3. The number of fused-ring (bicyclic) bond motifs is 1. The smallest absolute Gasteiger partial charge is 0.341 e. The fourth-order valence-corrected chi connectivity index (χ4v) is 5.58. The average molecular weight is 418 g/mol. The van der Waals surface area contributed by atoms with Gasteiger partial charge in [-0.1, -0.05) is 33.3 Å². The molecule has 0 saturated carbocycles. The SMILES string of the molecule is CCC(C)(C)C1CCc2c(sc(NC(=O)C=Cc3cccs3)c2C(=O)OC)C1. The van der Waals surface area contributed by atoms with Gasteiger partial charge in [-0.15, -0.1) is 22.7 Å². The quantitative estimate of drug-likeness (QED) is 0.478. The van der Waals surface area contributed by atoms with Crippen molar-refractivity contribution in [3.05, 3.63) is 44.5 Å². The van der Waals surface area contributed by atoms with E-state index in [1.807, 2.05) is 17.5 Å². The molecule has 0 radical (unpaired) electrons. The number of ether oxygens (including phenoxy) is 1. The zero-order valence-corrected chi connectivity index (χ0v) is 18.5. The van der Waals surface area contributed by atoms with Crippen LogP contribution in [0.25, 0.3) is 6.08 Å². The molecule has 0 fully saturated rings. The highest BCUT2D eigenvalue weighted by Crippen LogP contribution is 2.45. The Morgan fingerprint density at radius 2 is 2.18 bits per heavy atom. The number of carbonyl (C=O) groups is 2. The number of methoxy groups -OCH3 is 1. The van der Waals surface area contributed by atoms with Crippen molar-refractivity contribution in [3.8, 4) is 0 Å². The van der Waals surface area contributed by atoms with Crippen LogP contribution in [-0.2, 0) is 22.4 Å². The monoisotopic (exact) mass is 417 g/mol. The fraction of sp³-hybridized carbons (Fsp3) is 0.455. The lowest BCUT2D eigenvalue weighted by Gasteiger charge is -2.36. The molecule has 1 aliphatic rings. The number of hydrogen-bond acceptors (Lipinski definition) is 5. The molecule has 0 bridgehead atoms. The van der Waals surface area contributed by atoms with Crippen LogP contribution in [0.5, 0.6) is 0 Å². The van der Waals surface area contributed by atoms with Gasteiger partial charge in [0, 0.05) is 15.8 Å². The third-order valence-electron chi connectivity index (χ3n) is 5.85. The highest BCUT2D eigenvalue weighted by Gasteiger charge is 2.35. The number of rotatable bonds is 6. The van der Waals surface area contributed by atoms with Gasteiger partial charge in [-0.25, -0.2) is 4.79 Å². The van der Waals surface area contributed by atoms with E-state index in [4.69, 9.17) is 4.74 Å². The van der Waals surface area contributed by atoms with Crippen LogP contribution in [0.4, 0.5) is 5.00 Å². The Bertz CT molecular complexity index is 878. The Hall–Kier alpha value is -1.92. The highest BCUT2D eigenvalue weighted by atomic mass is 32.1. The summed E-state index contributed by atoms with van der Waals surface area (Å²) in [5.41, 5.74) is 1.85. The van der Waals surface area contributed by atoms with Crippen LogP contribution >= 0.6 is 22.7 Å². The topological polar surface area (TPSA) is 55.4 Å². The summed E-state index contributed by atoms with van der Waals surface area (Å²) in [6.07, 6.45) is 7.27. The second-order valence-electron chi connectivity index (χ2n) is 7.82. The lowest BCUT2D eigenvalue weighted by molar-refractivity contribution is -0.111. The highest BCUT2D eigenvalue weighted by molar-refractivity contribution is 7.17. The van der Waals surface area contributed by atoms with Gasteiger partial charge in [0.2, 0.25) is 5.91 Å². The maximum absolute atomic E-state index is 12.4. The lowest BCUT2D eigenvalue weighted by Crippen LogP contribution is -2.28. The first-order chi connectivity index (χ1) is 13.4. The van der Waals surface area contributed by atoms with Crippen molar-refractivity contribution in [1.29, 1.82) is 0 Å². The summed E-state index contributed by atoms with van der Waals surface area (Å²) >= 11 is 3.09. The Labute approximate surface area is 174 Å². The Kier molecular flexibility index (Phi) is 6.40. The minimum atomic E-state index is -0.372. The molecule has 1 amide bonds. The summed E-state index contributed by atoms with van der Waals surface area (Å²) in [5.74, 6) is -0.0257. The van der Waals surface area contributed by atoms with Gasteiger partial charge < -0.3 is 10.1 Å². The van der Waals surface area contributed by atoms with Gasteiger partial charge in [0.1, 0.15) is 5.00 Å². The van der Waals surface area contributed by atoms with Crippen molar-refractivity contribution in [2.24, 2.45) is 11.3 Å². The molecule has 2 aromatic heterocycles. The largest absolute Gasteiger partial charge is 0.465 e. The van der Waals surface area contributed by atoms with Crippen LogP contribution in [0, 0.1) is 11.3 Å². The molecule has 1 atom stereocenters. The second kappa shape index (κ2) is 8.62. The molecule has 150 valence electrons. The van der Waals surface area contributed by atoms with Crippen molar-refractivity contribution in [2.75, 3.05) is 12.4 Å². The number of esters is 1. The summed E-state index contributed by atoms with van der Waals surface area (Å²) in [6, 6.07) is 3.90. The number of amides is 1. The number of thiophene rings is 2. The van der Waals surface area contributed by atoms with Crippen LogP contribution in [0.2, 0.25) is 0 Å². The van der Waals surface area contributed by atoms with E-state index in [-0.39, 0.29) is 17.3 Å². The van der Waals surface area contributed by atoms with Crippen molar-refractivity contribution >= 4 is 45.6 Å². The van der Waals surface area contributed by atoms with Gasteiger partial charge in [0.15, 0.2) is 0 Å². The van der Waals surface area contributed by atoms with E-state index in [0.29, 0.717) is 16.5 Å². The molecule has 1 aliphatic carbocycles. The van der Waals surface area contributed by atoms with E-state index in [1.165, 1.54) is 29.4 Å². The first kappa shape index (κ1) is 20.8. The minimum Gasteiger partial charge on any atom is -0.465 e. The molecular weight excluding hydrogens is 390 g/mol. The molecule has 0 spiro atoms. The van der Waals surface area contributed by atoms with Gasteiger partial charge >= 0.3 is 5.97 Å². The van der Waals surface area contributed by atoms with Gasteiger partial charge in [0.25, 0.3) is 0 Å². The molecule has 0 saturated heterocycles. The molecule has 28 heavy (non-hydrogen) atoms. The molecular formula is C22H27NO3S2. The number of anilines is 1. The van der Waals surface area contributed by atoms with E-state index < -0.39 is 0 Å². The van der Waals surface area contributed by atoms with Gasteiger partial charge in [0.05, 0.1) is 12.7 Å². The average Bonchev–Trinajstić information content (AvgIpc) is 3.32. The van der Waals surface area contributed by atoms with Gasteiger partial charge in [-0.05, 0) is 53.7 Å². The first-order valence-electron chi connectivity index (χ1n) is 9.61. The van der Waals surface area contributed by atoms with Gasteiger partial charge in [-0.3, -0.25) is 4.79 Å². The Balaban J connectivity index is 1.85. The van der Waals surface area contributed by atoms with E-state index >= 15 is 0 Å². The predicted octanol–water partition coefficient (Wildman–Crippen LogP) is 5.79. The van der Waals surface area contributed by atoms with E-state index in [1.54, 1.807) is 17.4 Å². The van der Waals surface area contributed by atoms with Crippen LogP contribution in [0.3, 0.4) is 0 Å². The maximum Gasteiger partial charge on any atom is 0.341 e. The van der Waals surface area contributed by atoms with Gasteiger partial charge in [-0.2, -0.15) is 0 Å². The summed E-state index contributed by atoms with van der Waals surface area (Å²) in [7, 11) is 1.39. The third-order valence-corrected chi connectivity index (χ3v) is 7.86. The number of carbonyl (C=O) groups excluding carboxylic acids is 2. The fourth-order valence-electron chi connectivity index (χ4n) is 3.65. The molecule has 0 aromatic carbocycles. The normalized spacial score (nSPS) is 16.8. The molecule has 4 nitrogen and oxygen atoms in total.